The highest BCUT2D eigenvalue weighted by molar-refractivity contribution is 6.30. The summed E-state index contributed by atoms with van der Waals surface area (Å²) in [5.74, 6) is 0.919. The fraction of sp³-hybridized carbons (Fsp3) is 0.435. The van der Waals surface area contributed by atoms with E-state index in [-0.39, 0.29) is 12.1 Å². The zero-order chi connectivity index (χ0) is 21.3. The first-order chi connectivity index (χ1) is 14.5. The first-order valence-corrected chi connectivity index (χ1v) is 11.0. The number of benzene rings is 2. The van der Waals surface area contributed by atoms with Crippen molar-refractivity contribution in [2.45, 2.75) is 39.8 Å². The number of rotatable bonds is 5. The molecule has 0 aliphatic carbocycles. The van der Waals surface area contributed by atoms with Crippen molar-refractivity contribution in [1.82, 2.24) is 20.2 Å². The molecule has 1 aliphatic heterocycles. The van der Waals surface area contributed by atoms with Gasteiger partial charge < -0.3 is 9.80 Å². The van der Waals surface area contributed by atoms with Gasteiger partial charge in [-0.1, -0.05) is 35.9 Å². The molecule has 0 spiro atoms. The van der Waals surface area contributed by atoms with E-state index >= 15 is 0 Å². The lowest BCUT2D eigenvalue weighted by atomic mass is 10.0. The highest BCUT2D eigenvalue weighted by Crippen LogP contribution is 2.24. The minimum Gasteiger partial charge on any atom is -0.360 e. The van der Waals surface area contributed by atoms with Gasteiger partial charge in [0, 0.05) is 16.3 Å². The van der Waals surface area contributed by atoms with E-state index in [4.69, 9.17) is 11.6 Å². The lowest BCUT2D eigenvalue weighted by Gasteiger charge is -2.38. The summed E-state index contributed by atoms with van der Waals surface area (Å²) in [6.07, 6.45) is 0. The molecule has 2 aromatic carbocycles. The summed E-state index contributed by atoms with van der Waals surface area (Å²) < 4.78 is 1.95. The Bertz CT molecular complexity index is 989. The molecule has 7 heteroatoms. The molecule has 2 heterocycles. The molecule has 4 rings (SSSR count). The first kappa shape index (κ1) is 20.8. The zero-order valence-electron chi connectivity index (χ0n) is 18.1. The van der Waals surface area contributed by atoms with Crippen LogP contribution >= 0.6 is 11.6 Å². The molecule has 3 aromatic rings. The summed E-state index contributed by atoms with van der Waals surface area (Å²) in [6, 6.07) is 15.0. The molecule has 6 nitrogen and oxygen atoms in total. The second kappa shape index (κ2) is 8.74. The van der Waals surface area contributed by atoms with E-state index in [9.17, 15) is 0 Å². The predicted molar refractivity (Wildman–Crippen MR) is 120 cm³/mol. The van der Waals surface area contributed by atoms with E-state index in [1.54, 1.807) is 0 Å². The van der Waals surface area contributed by atoms with Crippen LogP contribution in [0, 0.1) is 13.8 Å². The standard InChI is InChI=1S/C23H29ClN6/c1-16(2)30-23(25-26-27-30)22(19-8-10-20(24)11-9-19)29-14-12-28(13-15-29)21-7-5-6-17(3)18(21)4/h5-11,16,22H,12-15H2,1-4H3/p+1/t22-/m0/s1. The van der Waals surface area contributed by atoms with Crippen molar-refractivity contribution in [1.29, 1.82) is 0 Å². The van der Waals surface area contributed by atoms with Crippen LogP contribution in [-0.2, 0) is 0 Å². The van der Waals surface area contributed by atoms with Crippen LogP contribution in [-0.4, -0.2) is 46.4 Å². The van der Waals surface area contributed by atoms with E-state index < -0.39 is 0 Å². The van der Waals surface area contributed by atoms with Crippen LogP contribution in [0.3, 0.4) is 0 Å². The van der Waals surface area contributed by atoms with Gasteiger partial charge >= 0.3 is 0 Å². The van der Waals surface area contributed by atoms with Gasteiger partial charge in [0.25, 0.3) is 0 Å². The summed E-state index contributed by atoms with van der Waals surface area (Å²) in [5, 5.41) is 13.5. The number of nitrogens with one attached hydrogen (secondary N) is 1. The molecule has 158 valence electrons. The fourth-order valence-electron chi connectivity index (χ4n) is 4.38. The monoisotopic (exact) mass is 425 g/mol. The lowest BCUT2D eigenvalue weighted by Crippen LogP contribution is -3.15. The van der Waals surface area contributed by atoms with E-state index in [1.807, 2.05) is 16.8 Å². The molecule has 1 atom stereocenters. The summed E-state index contributed by atoms with van der Waals surface area (Å²) >= 11 is 6.16. The molecule has 0 bridgehead atoms. The fourth-order valence-corrected chi connectivity index (χ4v) is 4.51. The van der Waals surface area contributed by atoms with Crippen molar-refractivity contribution in [3.63, 3.8) is 0 Å². The SMILES string of the molecule is Cc1cccc(N2CC[NH+]([C@@H](c3ccc(Cl)cc3)c3nnnn3C(C)C)CC2)c1C. The largest absolute Gasteiger partial charge is 0.360 e. The molecule has 1 saturated heterocycles. The Morgan fingerprint density at radius 2 is 1.70 bits per heavy atom. The third kappa shape index (κ3) is 4.07. The highest BCUT2D eigenvalue weighted by atomic mass is 35.5. The van der Waals surface area contributed by atoms with Gasteiger partial charge in [0.05, 0.1) is 32.2 Å². The summed E-state index contributed by atoms with van der Waals surface area (Å²) in [7, 11) is 0. The molecule has 0 unspecified atom stereocenters. The van der Waals surface area contributed by atoms with Crippen LogP contribution in [0.4, 0.5) is 5.69 Å². The van der Waals surface area contributed by atoms with Gasteiger partial charge in [0.15, 0.2) is 6.04 Å². The maximum absolute atomic E-state index is 6.16. The van der Waals surface area contributed by atoms with Crippen molar-refractivity contribution >= 4 is 17.3 Å². The van der Waals surface area contributed by atoms with Gasteiger partial charge in [-0.2, -0.15) is 0 Å². The minimum atomic E-state index is 0.0837. The molecule has 1 aliphatic rings. The molecule has 1 N–H and O–H groups in total. The Kier molecular flexibility index (Phi) is 6.06. The number of halogens is 1. The molecule has 0 radical (unpaired) electrons. The molecule has 1 fully saturated rings. The maximum Gasteiger partial charge on any atom is 0.214 e. The molecule has 0 saturated carbocycles. The van der Waals surface area contributed by atoms with Gasteiger partial charge in [0.2, 0.25) is 5.82 Å². The van der Waals surface area contributed by atoms with E-state index in [0.29, 0.717) is 0 Å². The molecular weight excluding hydrogens is 396 g/mol. The number of aromatic nitrogens is 4. The highest BCUT2D eigenvalue weighted by Gasteiger charge is 2.35. The quantitative estimate of drug-likeness (QED) is 0.682. The smallest absolute Gasteiger partial charge is 0.214 e. The lowest BCUT2D eigenvalue weighted by molar-refractivity contribution is -0.927. The van der Waals surface area contributed by atoms with Crippen LogP contribution in [0.2, 0.25) is 5.02 Å². The number of quaternary nitrogens is 1. The predicted octanol–water partition coefficient (Wildman–Crippen LogP) is 3.02. The van der Waals surface area contributed by atoms with Crippen LogP contribution in [0.5, 0.6) is 0 Å². The third-order valence-corrected chi connectivity index (χ3v) is 6.45. The van der Waals surface area contributed by atoms with Crippen molar-refractivity contribution in [3.8, 4) is 0 Å². The van der Waals surface area contributed by atoms with E-state index in [0.717, 1.165) is 37.0 Å². The van der Waals surface area contributed by atoms with E-state index in [1.165, 1.54) is 27.3 Å². The average molecular weight is 426 g/mol. The zero-order valence-corrected chi connectivity index (χ0v) is 18.9. The second-order valence-electron chi connectivity index (χ2n) is 8.42. The number of nitrogens with zero attached hydrogens (tertiary/aromatic N) is 5. The normalized spacial score (nSPS) is 16.3. The number of tetrazole rings is 1. The van der Waals surface area contributed by atoms with Crippen LogP contribution in [0.25, 0.3) is 0 Å². The van der Waals surface area contributed by atoms with E-state index in [2.05, 4.69) is 78.5 Å². The number of piperazine rings is 1. The van der Waals surface area contributed by atoms with Crippen molar-refractivity contribution < 1.29 is 4.90 Å². The Morgan fingerprint density at radius 3 is 2.37 bits per heavy atom. The van der Waals surface area contributed by atoms with Gasteiger partial charge in [-0.05, 0) is 67.4 Å². The number of hydrogen-bond donors (Lipinski definition) is 1. The molecular formula is C23H30ClN6+. The van der Waals surface area contributed by atoms with Crippen LogP contribution in [0.1, 0.15) is 48.4 Å². The van der Waals surface area contributed by atoms with Gasteiger partial charge in [-0.15, -0.1) is 5.10 Å². The van der Waals surface area contributed by atoms with Crippen molar-refractivity contribution in [2.75, 3.05) is 31.1 Å². The van der Waals surface area contributed by atoms with Crippen molar-refractivity contribution in [3.05, 3.63) is 70.0 Å². The topological polar surface area (TPSA) is 51.3 Å². The van der Waals surface area contributed by atoms with Gasteiger partial charge in [0.1, 0.15) is 0 Å². The Balaban J connectivity index is 1.62. The molecule has 1 aromatic heterocycles. The molecule has 30 heavy (non-hydrogen) atoms. The Hall–Kier alpha value is -2.44. The van der Waals surface area contributed by atoms with Gasteiger partial charge in [-0.3, -0.25) is 0 Å². The molecule has 0 amide bonds. The number of hydrogen-bond acceptors (Lipinski definition) is 4. The number of aryl methyl sites for hydroxylation is 1. The van der Waals surface area contributed by atoms with Crippen LogP contribution < -0.4 is 9.80 Å². The average Bonchev–Trinajstić information content (AvgIpc) is 3.22. The third-order valence-electron chi connectivity index (χ3n) is 6.20. The van der Waals surface area contributed by atoms with Crippen LogP contribution in [0.15, 0.2) is 42.5 Å². The summed E-state index contributed by atoms with van der Waals surface area (Å²) in [5.41, 5.74) is 5.27. The second-order valence-corrected chi connectivity index (χ2v) is 8.86. The Labute approximate surface area is 183 Å². The number of anilines is 1. The first-order valence-electron chi connectivity index (χ1n) is 10.6. The summed E-state index contributed by atoms with van der Waals surface area (Å²) in [6.45, 7) is 12.7. The Morgan fingerprint density at radius 1 is 1.00 bits per heavy atom. The minimum absolute atomic E-state index is 0.0837. The van der Waals surface area contributed by atoms with Crippen molar-refractivity contribution in [2.24, 2.45) is 0 Å². The maximum atomic E-state index is 6.16. The summed E-state index contributed by atoms with van der Waals surface area (Å²) in [4.78, 5) is 3.99. The van der Waals surface area contributed by atoms with Gasteiger partial charge in [-0.25, -0.2) is 4.68 Å².